The number of carbonyl (C=O) groups is 2. The van der Waals surface area contributed by atoms with E-state index in [4.69, 9.17) is 0 Å². The lowest BCUT2D eigenvalue weighted by molar-refractivity contribution is -0.122. The van der Waals surface area contributed by atoms with Gasteiger partial charge in [-0.3, -0.25) is 19.4 Å². The predicted octanol–water partition coefficient (Wildman–Crippen LogP) is 3.43. The highest BCUT2D eigenvalue weighted by molar-refractivity contribution is 5.99. The van der Waals surface area contributed by atoms with Gasteiger partial charge in [0.05, 0.1) is 6.04 Å². The summed E-state index contributed by atoms with van der Waals surface area (Å²) in [7, 11) is 0. The molecule has 1 saturated heterocycles. The standard InChI is InChI=1S/C21H25N3O2/c1-15(2)19-21(26)24(18-11-7-8-13-22-18)20(17-9-5-4-6-10-17)23(19)14-12-16(3)25/h4-11,13,15,19-20H,12,14H2,1-3H3/t19-,20-/m0/s1. The molecule has 5 heteroatoms. The highest BCUT2D eigenvalue weighted by Crippen LogP contribution is 2.39. The van der Waals surface area contributed by atoms with Gasteiger partial charge in [-0.15, -0.1) is 0 Å². The van der Waals surface area contributed by atoms with Gasteiger partial charge >= 0.3 is 0 Å². The smallest absolute Gasteiger partial charge is 0.247 e. The maximum absolute atomic E-state index is 13.3. The Labute approximate surface area is 154 Å². The first-order valence-electron chi connectivity index (χ1n) is 9.05. The molecule has 3 rings (SSSR count). The number of nitrogens with zero attached hydrogens (tertiary/aromatic N) is 3. The Morgan fingerprint density at radius 1 is 1.12 bits per heavy atom. The Bertz CT molecular complexity index is 761. The normalized spacial score (nSPS) is 20.8. The molecule has 1 aromatic carbocycles. The molecule has 1 amide bonds. The molecule has 2 atom stereocenters. The summed E-state index contributed by atoms with van der Waals surface area (Å²) in [5.74, 6) is 0.941. The van der Waals surface area contributed by atoms with Gasteiger partial charge in [0.2, 0.25) is 5.91 Å². The van der Waals surface area contributed by atoms with Crippen LogP contribution in [0.1, 0.15) is 38.9 Å². The number of aromatic nitrogens is 1. The Kier molecular flexibility index (Phi) is 5.47. The zero-order valence-corrected chi connectivity index (χ0v) is 15.5. The molecule has 136 valence electrons. The van der Waals surface area contributed by atoms with Crippen LogP contribution in [-0.4, -0.2) is 34.2 Å². The maximum Gasteiger partial charge on any atom is 0.247 e. The van der Waals surface area contributed by atoms with Crippen LogP contribution in [0.4, 0.5) is 5.82 Å². The van der Waals surface area contributed by atoms with Crippen LogP contribution < -0.4 is 4.90 Å². The van der Waals surface area contributed by atoms with Gasteiger partial charge < -0.3 is 0 Å². The minimum atomic E-state index is -0.276. The number of hydrogen-bond donors (Lipinski definition) is 0. The van der Waals surface area contributed by atoms with Crippen LogP contribution in [0.25, 0.3) is 0 Å². The van der Waals surface area contributed by atoms with Gasteiger partial charge in [-0.25, -0.2) is 4.98 Å². The Hall–Kier alpha value is -2.53. The van der Waals surface area contributed by atoms with Gasteiger partial charge in [0.15, 0.2) is 0 Å². The van der Waals surface area contributed by atoms with E-state index in [1.165, 1.54) is 0 Å². The van der Waals surface area contributed by atoms with Crippen molar-refractivity contribution in [2.75, 3.05) is 11.4 Å². The van der Waals surface area contributed by atoms with Crippen molar-refractivity contribution in [2.24, 2.45) is 5.92 Å². The van der Waals surface area contributed by atoms with Crippen molar-refractivity contribution in [2.45, 2.75) is 39.4 Å². The van der Waals surface area contributed by atoms with E-state index >= 15 is 0 Å². The van der Waals surface area contributed by atoms with Crippen molar-refractivity contribution < 1.29 is 9.59 Å². The zero-order valence-electron chi connectivity index (χ0n) is 15.5. The van der Waals surface area contributed by atoms with Gasteiger partial charge in [-0.05, 0) is 30.5 Å². The predicted molar refractivity (Wildman–Crippen MR) is 102 cm³/mol. The summed E-state index contributed by atoms with van der Waals surface area (Å²) in [6.07, 6.45) is 1.87. The molecule has 0 spiro atoms. The highest BCUT2D eigenvalue weighted by Gasteiger charge is 2.48. The largest absolute Gasteiger partial charge is 0.300 e. The molecule has 26 heavy (non-hydrogen) atoms. The second kappa shape index (κ2) is 7.79. The lowest BCUT2D eigenvalue weighted by Crippen LogP contribution is -2.39. The van der Waals surface area contributed by atoms with E-state index in [-0.39, 0.29) is 29.8 Å². The number of pyridine rings is 1. The summed E-state index contributed by atoms with van der Waals surface area (Å²) >= 11 is 0. The molecule has 1 aromatic heterocycles. The SMILES string of the molecule is CC(=O)CCN1[C@@H](C(C)C)C(=O)N(c2ccccn2)[C@H]1c1ccccc1. The van der Waals surface area contributed by atoms with Crippen LogP contribution in [0.5, 0.6) is 0 Å². The number of amides is 1. The molecule has 2 heterocycles. The number of benzene rings is 1. The Balaban J connectivity index is 2.09. The van der Waals surface area contributed by atoms with Gasteiger partial charge in [-0.1, -0.05) is 50.2 Å². The molecule has 0 radical (unpaired) electrons. The number of ketones is 1. The summed E-state index contributed by atoms with van der Waals surface area (Å²) in [6, 6.07) is 15.3. The van der Waals surface area contributed by atoms with Crippen LogP contribution in [0.2, 0.25) is 0 Å². The molecule has 1 aliphatic heterocycles. The van der Waals surface area contributed by atoms with Crippen molar-refractivity contribution in [3.8, 4) is 0 Å². The second-order valence-electron chi connectivity index (χ2n) is 7.06. The van der Waals surface area contributed by atoms with Crippen LogP contribution in [0.3, 0.4) is 0 Å². The highest BCUT2D eigenvalue weighted by atomic mass is 16.2. The molecule has 2 aromatic rings. The minimum Gasteiger partial charge on any atom is -0.300 e. The Morgan fingerprint density at radius 3 is 2.38 bits per heavy atom. The molecule has 0 unspecified atom stereocenters. The summed E-state index contributed by atoms with van der Waals surface area (Å²) in [5, 5.41) is 0. The minimum absolute atomic E-state index is 0.0381. The first-order valence-corrected chi connectivity index (χ1v) is 9.05. The van der Waals surface area contributed by atoms with E-state index in [1.807, 2.05) is 62.4 Å². The number of carbonyl (C=O) groups excluding carboxylic acids is 2. The van der Waals surface area contributed by atoms with E-state index in [9.17, 15) is 9.59 Å². The topological polar surface area (TPSA) is 53.5 Å². The summed E-state index contributed by atoms with van der Waals surface area (Å²) in [6.45, 7) is 6.24. The molecule has 0 saturated carbocycles. The fraction of sp³-hybridized carbons (Fsp3) is 0.381. The van der Waals surface area contributed by atoms with Gasteiger partial charge in [0, 0.05) is 19.2 Å². The second-order valence-corrected chi connectivity index (χ2v) is 7.06. The number of hydrogen-bond acceptors (Lipinski definition) is 4. The summed E-state index contributed by atoms with van der Waals surface area (Å²) in [4.78, 5) is 33.3. The van der Waals surface area contributed by atoms with E-state index in [1.54, 1.807) is 18.0 Å². The lowest BCUT2D eigenvalue weighted by atomic mass is 10.0. The third-order valence-corrected chi connectivity index (χ3v) is 4.75. The summed E-state index contributed by atoms with van der Waals surface area (Å²) < 4.78 is 0. The van der Waals surface area contributed by atoms with Crippen LogP contribution >= 0.6 is 0 Å². The lowest BCUT2D eigenvalue weighted by Gasteiger charge is -2.32. The maximum atomic E-state index is 13.3. The van der Waals surface area contributed by atoms with E-state index in [0.29, 0.717) is 18.8 Å². The Morgan fingerprint density at radius 2 is 1.81 bits per heavy atom. The van der Waals surface area contributed by atoms with Gasteiger partial charge in [0.25, 0.3) is 0 Å². The first-order chi connectivity index (χ1) is 12.5. The van der Waals surface area contributed by atoms with Gasteiger partial charge in [-0.2, -0.15) is 0 Å². The van der Waals surface area contributed by atoms with Crippen molar-refractivity contribution in [3.05, 3.63) is 60.3 Å². The average Bonchev–Trinajstić information content (AvgIpc) is 2.93. The van der Waals surface area contributed by atoms with Crippen LogP contribution in [-0.2, 0) is 9.59 Å². The summed E-state index contributed by atoms with van der Waals surface area (Å²) in [5.41, 5.74) is 1.03. The zero-order chi connectivity index (χ0) is 18.7. The van der Waals surface area contributed by atoms with Crippen molar-refractivity contribution >= 4 is 17.5 Å². The first kappa shape index (κ1) is 18.3. The number of anilines is 1. The molecule has 0 N–H and O–H groups in total. The van der Waals surface area contributed by atoms with E-state index in [2.05, 4.69) is 9.88 Å². The monoisotopic (exact) mass is 351 g/mol. The molecule has 0 bridgehead atoms. The molecule has 1 fully saturated rings. The molecule has 1 aliphatic rings. The van der Waals surface area contributed by atoms with Crippen LogP contribution in [0.15, 0.2) is 54.7 Å². The quantitative estimate of drug-likeness (QED) is 0.800. The third-order valence-electron chi connectivity index (χ3n) is 4.75. The molecular formula is C21H25N3O2. The average molecular weight is 351 g/mol. The van der Waals surface area contributed by atoms with Crippen molar-refractivity contribution in [3.63, 3.8) is 0 Å². The number of rotatable bonds is 6. The van der Waals surface area contributed by atoms with E-state index < -0.39 is 0 Å². The molecule has 5 nitrogen and oxygen atoms in total. The van der Waals surface area contributed by atoms with E-state index in [0.717, 1.165) is 5.56 Å². The van der Waals surface area contributed by atoms with Gasteiger partial charge in [0.1, 0.15) is 17.8 Å². The molecular weight excluding hydrogens is 326 g/mol. The number of Topliss-reactive ketones (excluding diaryl/α,β-unsaturated/α-hetero) is 1. The molecule has 0 aliphatic carbocycles. The van der Waals surface area contributed by atoms with Crippen molar-refractivity contribution in [1.29, 1.82) is 0 Å². The third kappa shape index (κ3) is 3.53. The van der Waals surface area contributed by atoms with Crippen molar-refractivity contribution in [1.82, 2.24) is 9.88 Å². The fourth-order valence-corrected chi connectivity index (χ4v) is 3.62. The van der Waals surface area contributed by atoms with Crippen LogP contribution in [0, 0.1) is 5.92 Å². The fourth-order valence-electron chi connectivity index (χ4n) is 3.62.